The molecule has 0 aliphatic heterocycles. The maximum absolute atomic E-state index is 12.5. The van der Waals surface area contributed by atoms with Gasteiger partial charge in [-0.1, -0.05) is 17.2 Å². The van der Waals surface area contributed by atoms with Crippen LogP contribution in [0.25, 0.3) is 10.4 Å². The predicted molar refractivity (Wildman–Crippen MR) is 80.7 cm³/mol. The van der Waals surface area contributed by atoms with Gasteiger partial charge in [-0.2, -0.15) is 0 Å². The molecule has 0 amide bonds. The Morgan fingerprint density at radius 1 is 1.41 bits per heavy atom. The van der Waals surface area contributed by atoms with Crippen LogP contribution in [-0.4, -0.2) is 27.0 Å². The summed E-state index contributed by atoms with van der Waals surface area (Å²) in [6.45, 7) is 4.91. The molecule has 22 heavy (non-hydrogen) atoms. The number of azide groups is 1. The van der Waals surface area contributed by atoms with Crippen molar-refractivity contribution in [2.75, 3.05) is 7.11 Å². The zero-order chi connectivity index (χ0) is 17.0. The molecule has 0 aliphatic rings. The van der Waals surface area contributed by atoms with Crippen molar-refractivity contribution < 1.29 is 17.9 Å². The first-order valence-electron chi connectivity index (χ1n) is 6.37. The van der Waals surface area contributed by atoms with Crippen molar-refractivity contribution >= 4 is 16.0 Å². The molecule has 120 valence electrons. The van der Waals surface area contributed by atoms with Gasteiger partial charge in [0.1, 0.15) is 0 Å². The van der Waals surface area contributed by atoms with Gasteiger partial charge in [0.05, 0.1) is 24.1 Å². The second-order valence-electron chi connectivity index (χ2n) is 5.53. The number of carbonyl (C=O) groups excluding carboxylic acids is 1. The fourth-order valence-corrected chi connectivity index (χ4v) is 3.49. The van der Waals surface area contributed by atoms with Gasteiger partial charge in [-0.15, -0.1) is 0 Å². The molecule has 0 unspecified atom stereocenters. The van der Waals surface area contributed by atoms with Crippen molar-refractivity contribution in [1.82, 2.24) is 4.72 Å². The minimum Gasteiger partial charge on any atom is -0.465 e. The molecular weight excluding hydrogens is 308 g/mol. The third kappa shape index (κ3) is 4.45. The lowest BCUT2D eigenvalue weighted by Crippen LogP contribution is -2.41. The molecule has 0 radical (unpaired) electrons. The van der Waals surface area contributed by atoms with Crippen LogP contribution in [-0.2, 0) is 21.3 Å². The predicted octanol–water partition coefficient (Wildman–Crippen LogP) is 2.36. The van der Waals surface area contributed by atoms with Crippen LogP contribution in [0.1, 0.15) is 36.7 Å². The summed E-state index contributed by atoms with van der Waals surface area (Å²) in [5, 5.41) is 3.37. The van der Waals surface area contributed by atoms with E-state index in [9.17, 15) is 13.2 Å². The van der Waals surface area contributed by atoms with E-state index in [1.165, 1.54) is 18.2 Å². The Hall–Kier alpha value is -2.09. The summed E-state index contributed by atoms with van der Waals surface area (Å²) in [5.74, 6) is -0.807. The van der Waals surface area contributed by atoms with Crippen LogP contribution in [0.5, 0.6) is 0 Å². The Morgan fingerprint density at radius 2 is 2.05 bits per heavy atom. The Kier molecular flexibility index (Phi) is 5.54. The van der Waals surface area contributed by atoms with E-state index in [4.69, 9.17) is 5.53 Å². The monoisotopic (exact) mass is 326 g/mol. The van der Waals surface area contributed by atoms with Crippen LogP contribution in [0.2, 0.25) is 0 Å². The average Bonchev–Trinajstić information content (AvgIpc) is 2.41. The van der Waals surface area contributed by atoms with Gasteiger partial charge in [0.2, 0.25) is 10.0 Å². The lowest BCUT2D eigenvalue weighted by atomic mass is 10.1. The van der Waals surface area contributed by atoms with Crippen molar-refractivity contribution in [2.24, 2.45) is 5.11 Å². The molecule has 0 fully saturated rings. The van der Waals surface area contributed by atoms with Gasteiger partial charge >= 0.3 is 5.97 Å². The summed E-state index contributed by atoms with van der Waals surface area (Å²) in [7, 11) is -2.78. The SMILES string of the molecule is COC(=O)c1c(CN=[N+]=[N-])cccc1S(=O)(=O)NC(C)(C)C. The van der Waals surface area contributed by atoms with E-state index >= 15 is 0 Å². The van der Waals surface area contributed by atoms with Crippen molar-refractivity contribution in [3.8, 4) is 0 Å². The fraction of sp³-hybridized carbons (Fsp3) is 0.462. The fourth-order valence-electron chi connectivity index (χ4n) is 1.83. The standard InChI is InChI=1S/C13H18N4O4S/c1-13(2,3)16-22(19,20)10-7-5-6-9(8-15-17-14)11(10)12(18)21-4/h5-7,16H,8H2,1-4H3. The van der Waals surface area contributed by atoms with Gasteiger partial charge in [0, 0.05) is 10.5 Å². The average molecular weight is 326 g/mol. The Balaban J connectivity index is 3.53. The zero-order valence-corrected chi connectivity index (χ0v) is 13.6. The molecule has 1 N–H and O–H groups in total. The van der Waals surface area contributed by atoms with Crippen LogP contribution >= 0.6 is 0 Å². The molecule has 1 aromatic rings. The molecule has 0 spiro atoms. The molecule has 8 nitrogen and oxygen atoms in total. The second kappa shape index (κ2) is 6.78. The first-order valence-corrected chi connectivity index (χ1v) is 7.86. The summed E-state index contributed by atoms with van der Waals surface area (Å²) < 4.78 is 32.1. The minimum absolute atomic E-state index is 0.130. The van der Waals surface area contributed by atoms with Crippen LogP contribution in [0.4, 0.5) is 0 Å². The van der Waals surface area contributed by atoms with Crippen molar-refractivity contribution in [2.45, 2.75) is 37.8 Å². The lowest BCUT2D eigenvalue weighted by Gasteiger charge is -2.21. The number of methoxy groups -OCH3 is 1. The van der Waals surface area contributed by atoms with Gasteiger partial charge in [0.25, 0.3) is 0 Å². The van der Waals surface area contributed by atoms with Crippen molar-refractivity contribution in [3.05, 3.63) is 39.8 Å². The first kappa shape index (κ1) is 18.0. The molecule has 1 aromatic carbocycles. The quantitative estimate of drug-likeness (QED) is 0.386. The highest BCUT2D eigenvalue weighted by atomic mass is 32.2. The van der Waals surface area contributed by atoms with E-state index in [2.05, 4.69) is 19.5 Å². The Bertz CT molecular complexity index is 716. The van der Waals surface area contributed by atoms with Crippen molar-refractivity contribution in [3.63, 3.8) is 0 Å². The molecule has 0 saturated carbocycles. The third-order valence-corrected chi connectivity index (χ3v) is 4.34. The number of esters is 1. The Labute approximate surface area is 129 Å². The third-order valence-electron chi connectivity index (χ3n) is 2.54. The smallest absolute Gasteiger partial charge is 0.339 e. The molecule has 0 aliphatic carbocycles. The highest BCUT2D eigenvalue weighted by Gasteiger charge is 2.28. The largest absolute Gasteiger partial charge is 0.465 e. The van der Waals surface area contributed by atoms with Crippen LogP contribution < -0.4 is 4.72 Å². The summed E-state index contributed by atoms with van der Waals surface area (Å²) in [4.78, 5) is 14.4. The summed E-state index contributed by atoms with van der Waals surface area (Å²) in [6, 6.07) is 4.29. The number of ether oxygens (including phenoxy) is 1. The molecular formula is C13H18N4O4S. The van der Waals surface area contributed by atoms with Gasteiger partial charge in [-0.05, 0) is 37.9 Å². The number of carbonyl (C=O) groups is 1. The van der Waals surface area contributed by atoms with Gasteiger partial charge in [0.15, 0.2) is 0 Å². The number of nitrogens with one attached hydrogen (secondary N) is 1. The molecule has 1 rings (SSSR count). The van der Waals surface area contributed by atoms with E-state index in [1.54, 1.807) is 20.8 Å². The van der Waals surface area contributed by atoms with Gasteiger partial charge in [-0.25, -0.2) is 17.9 Å². The molecule has 0 aromatic heterocycles. The van der Waals surface area contributed by atoms with Gasteiger partial charge < -0.3 is 4.74 Å². The maximum atomic E-state index is 12.5. The molecule has 9 heteroatoms. The first-order chi connectivity index (χ1) is 10.1. The van der Waals surface area contributed by atoms with Gasteiger partial charge in [-0.3, -0.25) is 0 Å². The molecule has 0 heterocycles. The van der Waals surface area contributed by atoms with E-state index in [1.807, 2.05) is 0 Å². The van der Waals surface area contributed by atoms with E-state index in [0.29, 0.717) is 0 Å². The summed E-state index contributed by atoms with van der Waals surface area (Å²) >= 11 is 0. The minimum atomic E-state index is -3.94. The molecule has 0 atom stereocenters. The molecule has 0 saturated heterocycles. The number of benzene rings is 1. The highest BCUT2D eigenvalue weighted by Crippen LogP contribution is 2.23. The number of hydrogen-bond donors (Lipinski definition) is 1. The normalized spacial score (nSPS) is 11.6. The number of rotatable bonds is 5. The topological polar surface area (TPSA) is 121 Å². The molecule has 0 bridgehead atoms. The summed E-state index contributed by atoms with van der Waals surface area (Å²) in [5.41, 5.74) is 7.84. The number of hydrogen-bond acceptors (Lipinski definition) is 5. The van der Waals surface area contributed by atoms with Crippen LogP contribution in [0.3, 0.4) is 0 Å². The van der Waals surface area contributed by atoms with E-state index in [0.717, 1.165) is 7.11 Å². The lowest BCUT2D eigenvalue weighted by molar-refractivity contribution is 0.0595. The zero-order valence-electron chi connectivity index (χ0n) is 12.8. The van der Waals surface area contributed by atoms with Crippen LogP contribution in [0.15, 0.2) is 28.2 Å². The number of nitrogens with zero attached hydrogens (tertiary/aromatic N) is 3. The highest BCUT2D eigenvalue weighted by molar-refractivity contribution is 7.89. The van der Waals surface area contributed by atoms with E-state index in [-0.39, 0.29) is 22.6 Å². The van der Waals surface area contributed by atoms with E-state index < -0.39 is 21.5 Å². The maximum Gasteiger partial charge on any atom is 0.339 e. The summed E-state index contributed by atoms with van der Waals surface area (Å²) in [6.07, 6.45) is 0. The number of sulfonamides is 1. The van der Waals surface area contributed by atoms with Crippen LogP contribution in [0, 0.1) is 0 Å². The Morgan fingerprint density at radius 3 is 2.55 bits per heavy atom. The van der Waals surface area contributed by atoms with Crippen molar-refractivity contribution in [1.29, 1.82) is 0 Å². The second-order valence-corrected chi connectivity index (χ2v) is 7.18.